The van der Waals surface area contributed by atoms with Gasteiger partial charge < -0.3 is 10.2 Å². The molecular formula is C13H30N2. The third-order valence-electron chi connectivity index (χ3n) is 3.05. The Kier molecular flexibility index (Phi) is 8.07. The normalized spacial score (nSPS) is 23.0. The maximum absolute atomic E-state index is 3.37. The monoisotopic (exact) mass is 214 g/mol. The number of hydrogen-bond acceptors (Lipinski definition) is 2. The molecule has 0 atom stereocenters. The van der Waals surface area contributed by atoms with Gasteiger partial charge in [0.25, 0.3) is 0 Å². The van der Waals surface area contributed by atoms with E-state index in [-0.39, 0.29) is 0 Å². The van der Waals surface area contributed by atoms with Crippen LogP contribution < -0.4 is 5.32 Å². The Bertz CT molecular complexity index is 131. The number of nitrogens with zero attached hydrogens (tertiary/aromatic N) is 1. The predicted molar refractivity (Wildman–Crippen MR) is 69.3 cm³/mol. The molecule has 2 aliphatic heterocycles. The molecule has 0 saturated carbocycles. The molecular weight excluding hydrogens is 184 g/mol. The topological polar surface area (TPSA) is 15.3 Å². The Morgan fingerprint density at radius 3 is 1.73 bits per heavy atom. The van der Waals surface area contributed by atoms with Crippen molar-refractivity contribution in [2.24, 2.45) is 5.41 Å². The van der Waals surface area contributed by atoms with Crippen molar-refractivity contribution < 1.29 is 0 Å². The summed E-state index contributed by atoms with van der Waals surface area (Å²) >= 11 is 0. The summed E-state index contributed by atoms with van der Waals surface area (Å²) in [5.74, 6) is 0. The quantitative estimate of drug-likeness (QED) is 0.667. The van der Waals surface area contributed by atoms with E-state index in [0.717, 1.165) is 5.41 Å². The molecule has 0 aromatic rings. The fourth-order valence-electron chi connectivity index (χ4n) is 1.92. The summed E-state index contributed by atoms with van der Waals surface area (Å²) in [6.45, 7) is 13.4. The molecule has 0 aromatic carbocycles. The molecule has 2 aliphatic rings. The largest absolute Gasteiger partial charge is 0.316 e. The molecule has 2 heteroatoms. The van der Waals surface area contributed by atoms with Crippen LogP contribution in [0.4, 0.5) is 0 Å². The van der Waals surface area contributed by atoms with Crippen LogP contribution in [0.25, 0.3) is 0 Å². The Morgan fingerprint density at radius 2 is 1.47 bits per heavy atom. The molecule has 0 amide bonds. The van der Waals surface area contributed by atoms with E-state index in [0.29, 0.717) is 0 Å². The maximum atomic E-state index is 3.37. The van der Waals surface area contributed by atoms with Crippen molar-refractivity contribution >= 4 is 0 Å². The van der Waals surface area contributed by atoms with Gasteiger partial charge in [0.05, 0.1) is 0 Å². The summed E-state index contributed by atoms with van der Waals surface area (Å²) in [7, 11) is 2.22. The van der Waals surface area contributed by atoms with Crippen LogP contribution in [0.1, 0.15) is 47.0 Å². The zero-order chi connectivity index (χ0) is 11.7. The van der Waals surface area contributed by atoms with Gasteiger partial charge in [-0.2, -0.15) is 0 Å². The summed E-state index contributed by atoms with van der Waals surface area (Å²) in [5, 5.41) is 3.37. The molecule has 2 rings (SSSR count). The van der Waals surface area contributed by atoms with Crippen molar-refractivity contribution in [3.8, 4) is 0 Å². The average molecular weight is 214 g/mol. The van der Waals surface area contributed by atoms with E-state index in [4.69, 9.17) is 0 Å². The van der Waals surface area contributed by atoms with E-state index in [2.05, 4.69) is 31.1 Å². The lowest BCUT2D eigenvalue weighted by molar-refractivity contribution is 0.0671. The van der Waals surface area contributed by atoms with E-state index < -0.39 is 0 Å². The molecule has 0 aromatic heterocycles. The van der Waals surface area contributed by atoms with Gasteiger partial charge in [-0.25, -0.2) is 0 Å². The second-order valence-electron chi connectivity index (χ2n) is 4.61. The predicted octanol–water partition coefficient (Wildman–Crippen LogP) is 2.74. The van der Waals surface area contributed by atoms with Gasteiger partial charge in [0.2, 0.25) is 0 Å². The van der Waals surface area contributed by atoms with Crippen LogP contribution in [-0.2, 0) is 0 Å². The molecule has 2 nitrogen and oxygen atoms in total. The first kappa shape index (κ1) is 14.9. The van der Waals surface area contributed by atoms with Crippen LogP contribution in [0.3, 0.4) is 0 Å². The van der Waals surface area contributed by atoms with Crippen molar-refractivity contribution in [3.63, 3.8) is 0 Å². The lowest BCUT2D eigenvalue weighted by atomic mass is 9.74. The Balaban J connectivity index is 0.000000342. The minimum atomic E-state index is 0.729. The number of piperidine rings is 1. The number of rotatable bonds is 0. The fraction of sp³-hybridized carbons (Fsp3) is 1.00. The Labute approximate surface area is 96.4 Å². The van der Waals surface area contributed by atoms with Crippen LogP contribution in [-0.4, -0.2) is 38.1 Å². The summed E-state index contributed by atoms with van der Waals surface area (Å²) < 4.78 is 0. The van der Waals surface area contributed by atoms with Crippen LogP contribution in [0, 0.1) is 5.41 Å². The lowest BCUT2D eigenvalue weighted by Gasteiger charge is -2.47. The smallest absolute Gasteiger partial charge is 0.00212 e. The average Bonchev–Trinajstić information content (AvgIpc) is 2.21. The van der Waals surface area contributed by atoms with Crippen LogP contribution in [0.5, 0.6) is 0 Å². The van der Waals surface area contributed by atoms with Crippen LogP contribution in [0.2, 0.25) is 0 Å². The van der Waals surface area contributed by atoms with E-state index in [1.54, 1.807) is 0 Å². The summed E-state index contributed by atoms with van der Waals surface area (Å²) in [6, 6.07) is 0. The molecule has 0 bridgehead atoms. The van der Waals surface area contributed by atoms with Gasteiger partial charge in [-0.1, -0.05) is 34.1 Å². The summed E-state index contributed by atoms with van der Waals surface area (Å²) in [6.07, 6.45) is 4.08. The summed E-state index contributed by atoms with van der Waals surface area (Å²) in [4.78, 5) is 2.43. The van der Waals surface area contributed by atoms with E-state index in [9.17, 15) is 0 Å². The Hall–Kier alpha value is -0.0800. The van der Waals surface area contributed by atoms with Crippen LogP contribution in [0.15, 0.2) is 0 Å². The van der Waals surface area contributed by atoms with Gasteiger partial charge in [-0.3, -0.25) is 0 Å². The second kappa shape index (κ2) is 8.12. The molecule has 0 unspecified atom stereocenters. The maximum Gasteiger partial charge on any atom is 0.00212 e. The van der Waals surface area contributed by atoms with Gasteiger partial charge in [0.15, 0.2) is 0 Å². The van der Waals surface area contributed by atoms with E-state index in [1.165, 1.54) is 45.4 Å². The van der Waals surface area contributed by atoms with Crippen molar-refractivity contribution in [1.82, 2.24) is 10.2 Å². The molecule has 0 radical (unpaired) electrons. The number of hydrogen-bond donors (Lipinski definition) is 1. The van der Waals surface area contributed by atoms with Crippen molar-refractivity contribution in [3.05, 3.63) is 0 Å². The second-order valence-corrected chi connectivity index (χ2v) is 4.61. The number of likely N-dealkylation sites (tertiary alicyclic amines) is 1. The van der Waals surface area contributed by atoms with Gasteiger partial charge in [-0.05, 0) is 38.4 Å². The molecule has 2 fully saturated rings. The molecule has 2 saturated heterocycles. The lowest BCUT2D eigenvalue weighted by Crippen LogP contribution is -2.57. The molecule has 0 aliphatic carbocycles. The first-order chi connectivity index (χ1) is 7.22. The third-order valence-corrected chi connectivity index (χ3v) is 3.05. The zero-order valence-corrected chi connectivity index (χ0v) is 11.4. The zero-order valence-electron chi connectivity index (χ0n) is 11.4. The van der Waals surface area contributed by atoms with Gasteiger partial charge in [0, 0.05) is 13.1 Å². The first-order valence-corrected chi connectivity index (χ1v) is 6.62. The number of nitrogens with one attached hydrogen (secondary N) is 1. The molecule has 2 heterocycles. The molecule has 1 spiro atoms. The summed E-state index contributed by atoms with van der Waals surface area (Å²) in [5.41, 5.74) is 0.729. The van der Waals surface area contributed by atoms with Crippen molar-refractivity contribution in [2.75, 3.05) is 33.2 Å². The van der Waals surface area contributed by atoms with E-state index in [1.807, 2.05) is 13.8 Å². The third kappa shape index (κ3) is 4.98. The highest BCUT2D eigenvalue weighted by atomic mass is 15.1. The molecule has 1 N–H and O–H groups in total. The Morgan fingerprint density at radius 1 is 1.07 bits per heavy atom. The van der Waals surface area contributed by atoms with Crippen molar-refractivity contribution in [1.29, 1.82) is 0 Å². The van der Waals surface area contributed by atoms with Gasteiger partial charge in [-0.15, -0.1) is 0 Å². The fourth-order valence-corrected chi connectivity index (χ4v) is 1.92. The minimum absolute atomic E-state index is 0.729. The first-order valence-electron chi connectivity index (χ1n) is 6.62. The minimum Gasteiger partial charge on any atom is -0.316 e. The highest BCUT2D eigenvalue weighted by molar-refractivity contribution is 4.95. The van der Waals surface area contributed by atoms with E-state index >= 15 is 0 Å². The molecule has 15 heavy (non-hydrogen) atoms. The van der Waals surface area contributed by atoms with Crippen molar-refractivity contribution in [2.45, 2.75) is 47.0 Å². The van der Waals surface area contributed by atoms with Gasteiger partial charge in [0.1, 0.15) is 0 Å². The SMILES string of the molecule is CC.CCC.CN1CCC2(CC1)CNC2. The van der Waals surface area contributed by atoms with Crippen LogP contribution >= 0.6 is 0 Å². The molecule has 92 valence electrons. The standard InChI is InChI=1S/C8H16N2.C3H8.C2H6/c1-10-4-2-8(3-5-10)6-9-7-8;1-3-2;1-2/h9H,2-7H2,1H3;3H2,1-2H3;1-2H3. The highest BCUT2D eigenvalue weighted by Crippen LogP contribution is 2.34. The van der Waals surface area contributed by atoms with Gasteiger partial charge >= 0.3 is 0 Å². The highest BCUT2D eigenvalue weighted by Gasteiger charge is 2.38.